The van der Waals surface area contributed by atoms with Crippen molar-refractivity contribution in [1.82, 2.24) is 14.2 Å². The zero-order valence-corrected chi connectivity index (χ0v) is 31.4. The van der Waals surface area contributed by atoms with Crippen molar-refractivity contribution >= 4 is 38.6 Å². The van der Waals surface area contributed by atoms with Gasteiger partial charge in [-0.05, 0) is 89.5 Å². The molecule has 0 fully saturated rings. The lowest BCUT2D eigenvalue weighted by Gasteiger charge is -2.23. The molecular weight excluding hydrogens is 777 g/mol. The Kier molecular flexibility index (Phi) is 12.2. The minimum atomic E-state index is -5.03. The predicted octanol–water partition coefficient (Wildman–Crippen LogP) is 9.65. The summed E-state index contributed by atoms with van der Waals surface area (Å²) in [6.45, 7) is 1.48. The van der Waals surface area contributed by atoms with E-state index in [-0.39, 0.29) is 22.1 Å². The van der Waals surface area contributed by atoms with Crippen LogP contribution in [0.2, 0.25) is 0 Å². The van der Waals surface area contributed by atoms with E-state index in [1.807, 2.05) is 42.5 Å². The number of carbonyl (C=O) groups excluding carboxylic acids is 1. The third-order valence-electron chi connectivity index (χ3n) is 8.94. The zero-order valence-electron chi connectivity index (χ0n) is 29.8. The van der Waals surface area contributed by atoms with Crippen LogP contribution in [-0.2, 0) is 42.0 Å². The maximum Gasteiger partial charge on any atom is 0.416 e. The molecule has 0 saturated heterocycles. The second-order valence-corrected chi connectivity index (χ2v) is 15.7. The molecule has 1 aromatic heterocycles. The van der Waals surface area contributed by atoms with Crippen LogP contribution in [0.1, 0.15) is 38.2 Å². The van der Waals surface area contributed by atoms with Gasteiger partial charge in [-0.3, -0.25) is 9.69 Å². The molecule has 0 aliphatic carbocycles. The molecule has 1 heterocycles. The number of aromatic nitrogens is 1. The molecule has 0 atom stereocenters. The van der Waals surface area contributed by atoms with E-state index >= 15 is 0 Å². The van der Waals surface area contributed by atoms with Crippen molar-refractivity contribution in [3.05, 3.63) is 161 Å². The van der Waals surface area contributed by atoms with Crippen molar-refractivity contribution in [3.63, 3.8) is 0 Å². The fourth-order valence-electron chi connectivity index (χ4n) is 6.14. The largest absolute Gasteiger partial charge is 0.497 e. The van der Waals surface area contributed by atoms with Crippen LogP contribution >= 0.6 is 11.8 Å². The van der Waals surface area contributed by atoms with E-state index in [0.29, 0.717) is 30.1 Å². The van der Waals surface area contributed by atoms with E-state index in [1.54, 1.807) is 31.0 Å². The second kappa shape index (κ2) is 16.9. The molecule has 1 amide bonds. The van der Waals surface area contributed by atoms with Crippen molar-refractivity contribution in [2.24, 2.45) is 0 Å². The van der Waals surface area contributed by atoms with Gasteiger partial charge in [-0.2, -0.15) is 26.3 Å². The molecule has 5 aromatic carbocycles. The summed E-state index contributed by atoms with van der Waals surface area (Å²) in [5.41, 5.74) is -0.934. The first-order valence-corrected chi connectivity index (χ1v) is 19.6. The van der Waals surface area contributed by atoms with Crippen LogP contribution in [-0.4, -0.2) is 43.2 Å². The number of rotatable bonds is 14. The maximum absolute atomic E-state index is 13.7. The zero-order chi connectivity index (χ0) is 40.1. The van der Waals surface area contributed by atoms with E-state index < -0.39 is 46.0 Å². The highest BCUT2D eigenvalue weighted by molar-refractivity contribution is 7.99. The number of alkyl halides is 6. The number of hydrogen-bond acceptors (Lipinski definition) is 6. The monoisotopic (exact) mass is 811 g/mol. The number of ether oxygens (including phenoxy) is 1. The smallest absolute Gasteiger partial charge is 0.416 e. The number of thioether (sulfide) groups is 1. The molecule has 0 aliphatic heterocycles. The Morgan fingerprint density at radius 3 is 2.21 bits per heavy atom. The van der Waals surface area contributed by atoms with Crippen molar-refractivity contribution in [3.8, 4) is 5.75 Å². The quantitative estimate of drug-likeness (QED) is 0.0873. The van der Waals surface area contributed by atoms with Crippen molar-refractivity contribution < 1.29 is 44.3 Å². The summed E-state index contributed by atoms with van der Waals surface area (Å²) in [6, 6.07) is 31.2. The molecular formula is C41H35F6N3O4S2. The van der Waals surface area contributed by atoms with Crippen LogP contribution in [0.25, 0.3) is 10.9 Å². The number of nitrogens with zero attached hydrogens (tertiary/aromatic N) is 2. The Bertz CT molecular complexity index is 2420. The topological polar surface area (TPSA) is 80.6 Å². The normalized spacial score (nSPS) is 12.3. The van der Waals surface area contributed by atoms with Gasteiger partial charge in [-0.15, -0.1) is 11.8 Å². The number of fused-ring (bicyclic) bond motifs is 1. The van der Waals surface area contributed by atoms with Gasteiger partial charge in [0.2, 0.25) is 0 Å². The highest BCUT2D eigenvalue weighted by Gasteiger charge is 2.38. The molecule has 0 saturated carbocycles. The number of benzene rings is 5. The lowest BCUT2D eigenvalue weighted by atomic mass is 10.0. The van der Waals surface area contributed by atoms with Crippen molar-refractivity contribution in [1.29, 1.82) is 0 Å². The van der Waals surface area contributed by atoms with Crippen LogP contribution in [0.5, 0.6) is 5.75 Å². The van der Waals surface area contributed by atoms with Gasteiger partial charge in [0, 0.05) is 59.5 Å². The number of methoxy groups -OCH3 is 1. The summed E-state index contributed by atoms with van der Waals surface area (Å²) in [6.07, 6.45) is -8.55. The number of hydrogen-bond donors (Lipinski definition) is 1. The van der Waals surface area contributed by atoms with Crippen LogP contribution in [0.4, 0.5) is 26.3 Å². The molecule has 292 valence electrons. The third-order valence-corrected chi connectivity index (χ3v) is 11.3. The van der Waals surface area contributed by atoms with Gasteiger partial charge in [-0.1, -0.05) is 48.5 Å². The second-order valence-electron chi connectivity index (χ2n) is 12.9. The van der Waals surface area contributed by atoms with Gasteiger partial charge in [0.25, 0.3) is 15.9 Å². The molecule has 0 spiro atoms. The van der Waals surface area contributed by atoms with E-state index in [0.717, 1.165) is 40.1 Å². The lowest BCUT2D eigenvalue weighted by molar-refractivity contribution is -0.143. The SMILES string of the molecule is COc1cccc(CN(CCSc2ccccc2)Cc2ccc(S(=O)(=O)NC(=O)c3ccc4c(ccn4Cc4ccc(C(F)(F)F)cc4C(F)(F)F)c3)cc2)c1. The number of amides is 1. The molecule has 0 unspecified atom stereocenters. The molecule has 0 bridgehead atoms. The average Bonchev–Trinajstić information content (AvgIpc) is 3.56. The molecule has 6 aromatic rings. The fraction of sp³-hybridized carbons (Fsp3) is 0.195. The Hall–Kier alpha value is -5.25. The van der Waals surface area contributed by atoms with Gasteiger partial charge < -0.3 is 9.30 Å². The van der Waals surface area contributed by atoms with Crippen molar-refractivity contribution in [2.75, 3.05) is 19.4 Å². The highest BCUT2D eigenvalue weighted by Crippen LogP contribution is 2.38. The lowest BCUT2D eigenvalue weighted by Crippen LogP contribution is -2.30. The summed E-state index contributed by atoms with van der Waals surface area (Å²) < 4.78 is 116. The molecule has 1 N–H and O–H groups in total. The Morgan fingerprint density at radius 1 is 0.786 bits per heavy atom. The summed E-state index contributed by atoms with van der Waals surface area (Å²) in [4.78, 5) is 16.4. The molecule has 15 heteroatoms. The van der Waals surface area contributed by atoms with Crippen molar-refractivity contribution in [2.45, 2.75) is 41.8 Å². The fourth-order valence-corrected chi connectivity index (χ4v) is 8.05. The summed E-state index contributed by atoms with van der Waals surface area (Å²) in [5.74, 6) is 0.642. The van der Waals surface area contributed by atoms with E-state index in [1.165, 1.54) is 47.2 Å². The molecule has 0 aliphatic rings. The van der Waals surface area contributed by atoms with E-state index in [9.17, 15) is 39.6 Å². The standard InChI is InChI=1S/C41H35F6N3O4S2/c1-54-34-7-5-6-29(22-34)26-49(20-21-55-35-8-3-2-4-9-35)25-28-10-15-36(16-11-28)56(52,53)48-39(51)31-13-17-38-30(23-31)18-19-50(38)27-32-12-14-33(40(42,43)44)24-37(32)41(45,46)47/h2-19,22-24H,20-21,25-27H2,1H3,(H,48,51). The molecule has 56 heavy (non-hydrogen) atoms. The third kappa shape index (κ3) is 10.1. The van der Waals surface area contributed by atoms with Gasteiger partial charge in [-0.25, -0.2) is 13.1 Å². The number of nitrogens with one attached hydrogen (secondary N) is 1. The number of carbonyl (C=O) groups is 1. The van der Waals surface area contributed by atoms with Crippen LogP contribution in [0, 0.1) is 0 Å². The van der Waals surface area contributed by atoms with Gasteiger partial charge in [0.15, 0.2) is 0 Å². The summed E-state index contributed by atoms with van der Waals surface area (Å²) >= 11 is 1.74. The minimum Gasteiger partial charge on any atom is -0.497 e. The summed E-state index contributed by atoms with van der Waals surface area (Å²) in [5, 5.41) is 0.403. The molecule has 0 radical (unpaired) electrons. The van der Waals surface area contributed by atoms with Gasteiger partial charge >= 0.3 is 12.4 Å². The number of halogens is 6. The number of sulfonamides is 1. The van der Waals surface area contributed by atoms with Crippen LogP contribution in [0.3, 0.4) is 0 Å². The average molecular weight is 812 g/mol. The molecule has 7 nitrogen and oxygen atoms in total. The Morgan fingerprint density at radius 2 is 1.52 bits per heavy atom. The van der Waals surface area contributed by atoms with E-state index in [2.05, 4.69) is 21.8 Å². The van der Waals surface area contributed by atoms with Crippen LogP contribution < -0.4 is 9.46 Å². The van der Waals surface area contributed by atoms with E-state index in [4.69, 9.17) is 4.74 Å². The predicted molar refractivity (Wildman–Crippen MR) is 203 cm³/mol. The summed E-state index contributed by atoms with van der Waals surface area (Å²) in [7, 11) is -2.69. The highest BCUT2D eigenvalue weighted by atomic mass is 32.2. The maximum atomic E-state index is 13.7. The Labute approximate surface area is 324 Å². The van der Waals surface area contributed by atoms with Crippen LogP contribution in [0.15, 0.2) is 137 Å². The molecule has 6 rings (SSSR count). The van der Waals surface area contributed by atoms with Gasteiger partial charge in [0.05, 0.1) is 23.1 Å². The first-order valence-electron chi connectivity index (χ1n) is 17.1. The first kappa shape index (κ1) is 40.4. The minimum absolute atomic E-state index is 0.0255. The van der Waals surface area contributed by atoms with Gasteiger partial charge in [0.1, 0.15) is 5.75 Å². The first-order chi connectivity index (χ1) is 26.6. The Balaban J connectivity index is 1.13.